The van der Waals surface area contributed by atoms with E-state index >= 15 is 0 Å². The lowest BCUT2D eigenvalue weighted by Gasteiger charge is -2.24. The van der Waals surface area contributed by atoms with Crippen molar-refractivity contribution in [2.24, 2.45) is 4.99 Å². The summed E-state index contributed by atoms with van der Waals surface area (Å²) in [6.07, 6.45) is -3.83. The van der Waals surface area contributed by atoms with Crippen LogP contribution in [-0.2, 0) is 31.8 Å². The Morgan fingerprint density at radius 1 is 1.19 bits per heavy atom. The average Bonchev–Trinajstić information content (AvgIpc) is 2.75. The number of esters is 1. The molecule has 3 rings (SSSR count). The lowest BCUT2D eigenvalue weighted by atomic mass is 10.0. The molecule has 1 aliphatic heterocycles. The van der Waals surface area contributed by atoms with E-state index in [-0.39, 0.29) is 29.5 Å². The van der Waals surface area contributed by atoms with E-state index in [1.165, 1.54) is 26.5 Å². The van der Waals surface area contributed by atoms with E-state index in [9.17, 15) is 18.0 Å². The van der Waals surface area contributed by atoms with Crippen LogP contribution in [0.5, 0.6) is 5.75 Å². The van der Waals surface area contributed by atoms with Gasteiger partial charge in [-0.2, -0.15) is 13.2 Å². The number of nitrogens with zero attached hydrogens (tertiary/aromatic N) is 1. The van der Waals surface area contributed by atoms with E-state index in [4.69, 9.17) is 18.9 Å². The zero-order valence-corrected chi connectivity index (χ0v) is 17.0. The molecular formula is C22H20F3NO5. The number of fused-ring (bicyclic) bond motifs is 1. The van der Waals surface area contributed by atoms with Crippen LogP contribution in [0.25, 0.3) is 5.57 Å². The number of hydrogen-bond donors (Lipinski definition) is 0. The lowest BCUT2D eigenvalue weighted by Crippen LogP contribution is -2.29. The van der Waals surface area contributed by atoms with E-state index in [0.717, 1.165) is 12.1 Å². The van der Waals surface area contributed by atoms with Gasteiger partial charge in [0.2, 0.25) is 5.90 Å². The van der Waals surface area contributed by atoms with Gasteiger partial charge in [-0.3, -0.25) is 0 Å². The van der Waals surface area contributed by atoms with Crippen LogP contribution in [0.1, 0.15) is 23.6 Å². The fraction of sp³-hybridized carbons (Fsp3) is 0.273. The summed E-state index contributed by atoms with van der Waals surface area (Å²) in [5.41, 5.74) is 0.553. The monoisotopic (exact) mass is 435 g/mol. The van der Waals surface area contributed by atoms with Crippen molar-refractivity contribution in [3.8, 4) is 5.75 Å². The van der Waals surface area contributed by atoms with Crippen molar-refractivity contribution < 1.29 is 36.9 Å². The van der Waals surface area contributed by atoms with Crippen LogP contribution >= 0.6 is 0 Å². The molecule has 0 fully saturated rings. The number of halogens is 3. The van der Waals surface area contributed by atoms with Crippen LogP contribution in [-0.4, -0.2) is 32.2 Å². The number of carbonyl (C=O) groups is 1. The molecule has 2 aromatic carbocycles. The molecule has 1 heterocycles. The minimum absolute atomic E-state index is 0.00491. The van der Waals surface area contributed by atoms with Crippen molar-refractivity contribution in [3.63, 3.8) is 0 Å². The molecule has 164 valence electrons. The summed E-state index contributed by atoms with van der Waals surface area (Å²) in [6, 6.07) is 10.0. The maximum atomic E-state index is 13.0. The van der Waals surface area contributed by atoms with E-state index in [1.54, 1.807) is 31.2 Å². The zero-order valence-electron chi connectivity index (χ0n) is 17.0. The van der Waals surface area contributed by atoms with Gasteiger partial charge in [0.25, 0.3) is 0 Å². The molecule has 0 aliphatic carbocycles. The number of rotatable bonds is 5. The molecule has 0 N–H and O–H groups in total. The number of alkyl halides is 3. The SMILES string of the molecule is CO/C=C(/C(=O)OC)c1ccccc1COC1=Nc2cc(C(F)(F)F)ccc2OC1C. The first-order valence-electron chi connectivity index (χ1n) is 9.23. The molecule has 0 saturated heterocycles. The largest absolute Gasteiger partial charge is 0.503 e. The molecule has 2 aromatic rings. The highest BCUT2D eigenvalue weighted by Gasteiger charge is 2.32. The minimum atomic E-state index is -4.49. The lowest BCUT2D eigenvalue weighted by molar-refractivity contribution is -0.137. The molecule has 6 nitrogen and oxygen atoms in total. The fourth-order valence-electron chi connectivity index (χ4n) is 2.99. The van der Waals surface area contributed by atoms with E-state index < -0.39 is 23.8 Å². The summed E-state index contributed by atoms with van der Waals surface area (Å²) in [4.78, 5) is 16.3. The minimum Gasteiger partial charge on any atom is -0.503 e. The summed E-state index contributed by atoms with van der Waals surface area (Å²) in [6.45, 7) is 1.67. The molecule has 0 spiro atoms. The number of ether oxygens (including phenoxy) is 4. The third kappa shape index (κ3) is 4.99. The predicted molar refractivity (Wildman–Crippen MR) is 107 cm³/mol. The standard InChI is InChI=1S/C22H20F3NO5/c1-13-20(26-18-10-15(22(23,24)25)8-9-19(18)31-13)30-11-14-6-4-5-7-16(14)17(12-28-2)21(27)29-3/h4-10,12-13H,11H2,1-3H3/b17-12+. The highest BCUT2D eigenvalue weighted by atomic mass is 19.4. The van der Waals surface area contributed by atoms with Gasteiger partial charge in [0.1, 0.15) is 23.6 Å². The molecule has 0 amide bonds. The summed E-state index contributed by atoms with van der Waals surface area (Å²) >= 11 is 0. The first kappa shape index (κ1) is 22.2. The molecule has 0 saturated carbocycles. The molecule has 31 heavy (non-hydrogen) atoms. The number of methoxy groups -OCH3 is 2. The Bertz CT molecular complexity index is 1030. The Morgan fingerprint density at radius 3 is 2.61 bits per heavy atom. The van der Waals surface area contributed by atoms with E-state index in [0.29, 0.717) is 11.1 Å². The van der Waals surface area contributed by atoms with Crippen molar-refractivity contribution in [1.29, 1.82) is 0 Å². The van der Waals surface area contributed by atoms with Gasteiger partial charge in [0, 0.05) is 0 Å². The van der Waals surface area contributed by atoms with Gasteiger partial charge < -0.3 is 18.9 Å². The van der Waals surface area contributed by atoms with Gasteiger partial charge in [-0.25, -0.2) is 9.79 Å². The Labute approximate surface area is 176 Å². The van der Waals surface area contributed by atoms with Crippen LogP contribution in [0, 0.1) is 0 Å². The zero-order chi connectivity index (χ0) is 22.6. The van der Waals surface area contributed by atoms with Crippen molar-refractivity contribution in [2.45, 2.75) is 25.8 Å². The number of aliphatic imine (C=N–C) groups is 1. The van der Waals surface area contributed by atoms with Crippen molar-refractivity contribution in [1.82, 2.24) is 0 Å². The quantitative estimate of drug-likeness (QED) is 0.380. The maximum absolute atomic E-state index is 13.0. The van der Waals surface area contributed by atoms with Crippen LogP contribution in [0.2, 0.25) is 0 Å². The average molecular weight is 435 g/mol. The summed E-state index contributed by atoms with van der Waals surface area (Å²) in [5, 5.41) is 0. The molecule has 1 aliphatic rings. The van der Waals surface area contributed by atoms with E-state index in [1.807, 2.05) is 0 Å². The maximum Gasteiger partial charge on any atom is 0.416 e. The second kappa shape index (κ2) is 9.11. The first-order chi connectivity index (χ1) is 14.7. The number of carbonyl (C=O) groups excluding carboxylic acids is 1. The summed E-state index contributed by atoms with van der Waals surface area (Å²) in [5.74, 6) is -0.226. The van der Waals surface area contributed by atoms with Crippen LogP contribution in [0.15, 0.2) is 53.7 Å². The molecule has 0 bridgehead atoms. The van der Waals surface area contributed by atoms with E-state index in [2.05, 4.69) is 4.99 Å². The topological polar surface area (TPSA) is 66.4 Å². The molecule has 9 heteroatoms. The van der Waals surface area contributed by atoms with Crippen LogP contribution < -0.4 is 4.74 Å². The van der Waals surface area contributed by atoms with Crippen molar-refractivity contribution in [2.75, 3.05) is 14.2 Å². The Balaban J connectivity index is 1.87. The Hall–Kier alpha value is -3.49. The molecule has 1 unspecified atom stereocenters. The Morgan fingerprint density at radius 2 is 1.94 bits per heavy atom. The summed E-state index contributed by atoms with van der Waals surface area (Å²) < 4.78 is 60.2. The van der Waals surface area contributed by atoms with Gasteiger partial charge >= 0.3 is 12.1 Å². The third-order valence-corrected chi connectivity index (χ3v) is 4.49. The van der Waals surface area contributed by atoms with Gasteiger partial charge in [-0.05, 0) is 36.2 Å². The number of hydrogen-bond acceptors (Lipinski definition) is 6. The van der Waals surface area contributed by atoms with Crippen molar-refractivity contribution >= 4 is 23.1 Å². The smallest absolute Gasteiger partial charge is 0.416 e. The predicted octanol–water partition coefficient (Wildman–Crippen LogP) is 4.89. The van der Waals surface area contributed by atoms with Gasteiger partial charge in [0.05, 0.1) is 26.0 Å². The third-order valence-electron chi connectivity index (χ3n) is 4.49. The molecular weight excluding hydrogens is 415 g/mol. The second-order valence-electron chi connectivity index (χ2n) is 6.60. The first-order valence-corrected chi connectivity index (χ1v) is 9.23. The normalized spacial score (nSPS) is 16.0. The van der Waals surface area contributed by atoms with Crippen LogP contribution in [0.3, 0.4) is 0 Å². The highest BCUT2D eigenvalue weighted by molar-refractivity contribution is 6.16. The highest BCUT2D eigenvalue weighted by Crippen LogP contribution is 2.39. The number of benzene rings is 2. The Kier molecular flexibility index (Phi) is 6.53. The van der Waals surface area contributed by atoms with Crippen molar-refractivity contribution in [3.05, 3.63) is 65.4 Å². The molecule has 0 radical (unpaired) electrons. The van der Waals surface area contributed by atoms with Gasteiger partial charge in [0.15, 0.2) is 6.10 Å². The molecule has 0 aromatic heterocycles. The van der Waals surface area contributed by atoms with Crippen LogP contribution in [0.4, 0.5) is 18.9 Å². The second-order valence-corrected chi connectivity index (χ2v) is 6.60. The summed E-state index contributed by atoms with van der Waals surface area (Å²) in [7, 11) is 2.66. The fourth-order valence-corrected chi connectivity index (χ4v) is 2.99. The van der Waals surface area contributed by atoms with Gasteiger partial charge in [-0.15, -0.1) is 0 Å². The van der Waals surface area contributed by atoms with Gasteiger partial charge in [-0.1, -0.05) is 24.3 Å². The molecule has 1 atom stereocenters.